The van der Waals surface area contributed by atoms with Crippen LogP contribution in [0.1, 0.15) is 33.1 Å². The topological polar surface area (TPSA) is 86.3 Å². The molecule has 0 amide bonds. The lowest BCUT2D eigenvalue weighted by Crippen LogP contribution is -1.91. The van der Waals surface area contributed by atoms with E-state index in [9.17, 15) is 20.2 Å². The molecule has 0 aliphatic heterocycles. The Kier molecular flexibility index (Phi) is 7.25. The van der Waals surface area contributed by atoms with Crippen LogP contribution in [0.2, 0.25) is 0 Å². The van der Waals surface area contributed by atoms with Gasteiger partial charge in [0.2, 0.25) is 0 Å². The molecule has 0 aliphatic rings. The van der Waals surface area contributed by atoms with E-state index in [1.165, 1.54) is 37.5 Å². The van der Waals surface area contributed by atoms with Gasteiger partial charge in [-0.15, -0.1) is 0 Å². The maximum atomic E-state index is 10.2. The lowest BCUT2D eigenvalue weighted by atomic mass is 10.3. The Morgan fingerprint density at radius 3 is 1.65 bits per heavy atom. The number of nitrogens with zero attached hydrogens (tertiary/aromatic N) is 2. The van der Waals surface area contributed by atoms with Gasteiger partial charge in [-0.1, -0.05) is 33.1 Å². The van der Waals surface area contributed by atoms with Gasteiger partial charge in [0.25, 0.3) is 11.4 Å². The monoisotopic (exact) mass is 240 g/mol. The van der Waals surface area contributed by atoms with E-state index < -0.39 is 9.85 Å². The maximum absolute atomic E-state index is 10.2. The first-order valence-electron chi connectivity index (χ1n) is 5.41. The molecule has 0 N–H and O–H groups in total. The number of nitro benzene ring substituents is 2. The van der Waals surface area contributed by atoms with Crippen molar-refractivity contribution < 1.29 is 9.85 Å². The largest absolute Gasteiger partial charge is 0.276 e. The Labute approximate surface area is 99.6 Å². The van der Waals surface area contributed by atoms with Crippen molar-refractivity contribution >= 4 is 11.4 Å². The summed E-state index contributed by atoms with van der Waals surface area (Å²) >= 11 is 0. The zero-order chi connectivity index (χ0) is 13.3. The summed E-state index contributed by atoms with van der Waals surface area (Å²) in [7, 11) is 0. The molecule has 0 saturated heterocycles. The zero-order valence-corrected chi connectivity index (χ0v) is 9.96. The Hall–Kier alpha value is -1.98. The Morgan fingerprint density at radius 1 is 1.00 bits per heavy atom. The van der Waals surface area contributed by atoms with Crippen LogP contribution in [0.5, 0.6) is 0 Å². The highest BCUT2D eigenvalue weighted by atomic mass is 16.6. The van der Waals surface area contributed by atoms with Crippen molar-refractivity contribution in [1.82, 2.24) is 0 Å². The third-order valence-corrected chi connectivity index (χ3v) is 1.96. The second kappa shape index (κ2) is 8.20. The van der Waals surface area contributed by atoms with Crippen LogP contribution in [0.4, 0.5) is 11.4 Å². The zero-order valence-electron chi connectivity index (χ0n) is 9.96. The van der Waals surface area contributed by atoms with Crippen LogP contribution in [0.15, 0.2) is 24.3 Å². The summed E-state index contributed by atoms with van der Waals surface area (Å²) in [5.74, 6) is 0. The molecule has 0 unspecified atom stereocenters. The van der Waals surface area contributed by atoms with E-state index in [2.05, 4.69) is 13.8 Å². The minimum atomic E-state index is -0.674. The highest BCUT2D eigenvalue weighted by Crippen LogP contribution is 2.18. The van der Waals surface area contributed by atoms with E-state index in [0.29, 0.717) is 0 Å². The SMILES string of the molecule is CCCCC.O=[N+]([O-])c1cccc([N+](=O)[O-])c1. The number of nitro groups is 2. The van der Waals surface area contributed by atoms with Crippen molar-refractivity contribution in [3.63, 3.8) is 0 Å². The molecule has 0 radical (unpaired) electrons. The summed E-state index contributed by atoms with van der Waals surface area (Å²) in [6.07, 6.45) is 4.08. The fraction of sp³-hybridized carbons (Fsp3) is 0.455. The average molecular weight is 240 g/mol. The van der Waals surface area contributed by atoms with Gasteiger partial charge in [0.15, 0.2) is 0 Å². The number of non-ortho nitro benzene ring substituents is 2. The van der Waals surface area contributed by atoms with E-state index in [1.54, 1.807) is 0 Å². The quantitative estimate of drug-likeness (QED) is 0.593. The molecule has 6 heteroatoms. The van der Waals surface area contributed by atoms with Crippen molar-refractivity contribution in [1.29, 1.82) is 0 Å². The van der Waals surface area contributed by atoms with Crippen LogP contribution in [-0.4, -0.2) is 9.85 Å². The smallest absolute Gasteiger partial charge is 0.258 e. The van der Waals surface area contributed by atoms with Crippen molar-refractivity contribution in [3.05, 3.63) is 44.5 Å². The van der Waals surface area contributed by atoms with Crippen molar-refractivity contribution in [2.45, 2.75) is 33.1 Å². The first kappa shape index (κ1) is 15.0. The molecular formula is C11H16N2O4. The summed E-state index contributed by atoms with van der Waals surface area (Å²) < 4.78 is 0. The van der Waals surface area contributed by atoms with Gasteiger partial charge in [0.05, 0.1) is 15.9 Å². The molecule has 0 atom stereocenters. The molecule has 6 nitrogen and oxygen atoms in total. The molecule has 0 spiro atoms. The van der Waals surface area contributed by atoms with Crippen LogP contribution in [-0.2, 0) is 0 Å². The minimum absolute atomic E-state index is 0.274. The van der Waals surface area contributed by atoms with Gasteiger partial charge in [0.1, 0.15) is 0 Å². The van der Waals surface area contributed by atoms with Crippen LogP contribution >= 0.6 is 0 Å². The van der Waals surface area contributed by atoms with Gasteiger partial charge in [-0.2, -0.15) is 0 Å². The number of hydrogen-bond donors (Lipinski definition) is 0. The lowest BCUT2D eigenvalue weighted by Gasteiger charge is -1.90. The molecule has 1 aromatic rings. The van der Waals surface area contributed by atoms with Crippen LogP contribution in [0, 0.1) is 20.2 Å². The molecule has 94 valence electrons. The molecular weight excluding hydrogens is 224 g/mol. The number of benzene rings is 1. The van der Waals surface area contributed by atoms with Gasteiger partial charge >= 0.3 is 0 Å². The van der Waals surface area contributed by atoms with E-state index in [-0.39, 0.29) is 11.4 Å². The molecule has 0 heterocycles. The molecule has 1 aromatic carbocycles. The minimum Gasteiger partial charge on any atom is -0.258 e. The second-order valence-corrected chi connectivity index (χ2v) is 3.39. The number of hydrogen-bond acceptors (Lipinski definition) is 4. The van der Waals surface area contributed by atoms with Gasteiger partial charge in [-0.05, 0) is 6.07 Å². The van der Waals surface area contributed by atoms with Gasteiger partial charge in [-0.25, -0.2) is 0 Å². The van der Waals surface area contributed by atoms with Crippen molar-refractivity contribution in [2.24, 2.45) is 0 Å². The van der Waals surface area contributed by atoms with Crippen molar-refractivity contribution in [2.75, 3.05) is 0 Å². The normalized spacial score (nSPS) is 9.06. The standard InChI is InChI=1S/C6H4N2O4.C5H12/c9-7(10)5-2-1-3-6(4-5)8(11)12;1-3-5-4-2/h1-4H;3-5H2,1-2H3. The van der Waals surface area contributed by atoms with E-state index in [1.807, 2.05) is 0 Å². The highest BCUT2D eigenvalue weighted by Gasteiger charge is 2.11. The molecule has 1 rings (SSSR count). The first-order valence-corrected chi connectivity index (χ1v) is 5.41. The number of unbranched alkanes of at least 4 members (excludes halogenated alkanes) is 2. The van der Waals surface area contributed by atoms with E-state index in [0.717, 1.165) is 6.07 Å². The van der Waals surface area contributed by atoms with Crippen LogP contribution < -0.4 is 0 Å². The summed E-state index contributed by atoms with van der Waals surface area (Å²) in [6, 6.07) is 4.59. The second-order valence-electron chi connectivity index (χ2n) is 3.39. The Balaban J connectivity index is 0.000000437. The van der Waals surface area contributed by atoms with Gasteiger partial charge < -0.3 is 0 Å². The fourth-order valence-electron chi connectivity index (χ4n) is 1.07. The number of rotatable bonds is 4. The predicted octanol–water partition coefficient (Wildman–Crippen LogP) is 3.70. The molecule has 0 aliphatic carbocycles. The van der Waals surface area contributed by atoms with Crippen LogP contribution in [0.3, 0.4) is 0 Å². The third-order valence-electron chi connectivity index (χ3n) is 1.96. The highest BCUT2D eigenvalue weighted by molar-refractivity contribution is 5.42. The average Bonchev–Trinajstić information content (AvgIpc) is 2.31. The Bertz CT molecular complexity index is 348. The Morgan fingerprint density at radius 2 is 1.41 bits per heavy atom. The maximum Gasteiger partial charge on any atom is 0.276 e. The predicted molar refractivity (Wildman–Crippen MR) is 64.9 cm³/mol. The molecule has 0 fully saturated rings. The molecule has 0 aromatic heterocycles. The molecule has 17 heavy (non-hydrogen) atoms. The van der Waals surface area contributed by atoms with E-state index in [4.69, 9.17) is 0 Å². The summed E-state index contributed by atoms with van der Waals surface area (Å²) in [6.45, 7) is 4.42. The molecule has 0 saturated carbocycles. The van der Waals surface area contributed by atoms with Crippen LogP contribution in [0.25, 0.3) is 0 Å². The van der Waals surface area contributed by atoms with E-state index >= 15 is 0 Å². The van der Waals surface area contributed by atoms with Gasteiger partial charge in [0, 0.05) is 12.1 Å². The molecule has 0 bridgehead atoms. The van der Waals surface area contributed by atoms with Gasteiger partial charge in [-0.3, -0.25) is 20.2 Å². The first-order chi connectivity index (χ1) is 8.02. The third kappa shape index (κ3) is 6.24. The lowest BCUT2D eigenvalue weighted by molar-refractivity contribution is -0.394. The van der Waals surface area contributed by atoms with Crippen molar-refractivity contribution in [3.8, 4) is 0 Å². The summed E-state index contributed by atoms with van der Waals surface area (Å²) in [4.78, 5) is 19.0. The summed E-state index contributed by atoms with van der Waals surface area (Å²) in [5, 5.41) is 20.3. The fourth-order valence-corrected chi connectivity index (χ4v) is 1.07. The summed E-state index contributed by atoms with van der Waals surface area (Å²) in [5.41, 5.74) is -0.548.